The molecule has 0 spiro atoms. The van der Waals surface area contributed by atoms with Crippen LogP contribution in [0.1, 0.15) is 32.1 Å². The number of methoxy groups -OCH3 is 1. The number of hydrogen-bond acceptors (Lipinski definition) is 3. The molecule has 0 heterocycles. The molecule has 2 aliphatic rings. The van der Waals surface area contributed by atoms with Gasteiger partial charge >= 0.3 is 0 Å². The molecular formula is C18H24N2O3. The Bertz CT molecular complexity index is 587. The van der Waals surface area contributed by atoms with Crippen LogP contribution >= 0.6 is 0 Å². The van der Waals surface area contributed by atoms with Crippen molar-refractivity contribution in [3.8, 4) is 0 Å². The van der Waals surface area contributed by atoms with E-state index in [-0.39, 0.29) is 18.4 Å². The molecule has 1 aromatic carbocycles. The lowest BCUT2D eigenvalue weighted by atomic mass is 9.86. The molecule has 23 heavy (non-hydrogen) atoms. The summed E-state index contributed by atoms with van der Waals surface area (Å²) in [6.45, 7) is 0.0147. The molecule has 5 nitrogen and oxygen atoms in total. The first-order valence-corrected chi connectivity index (χ1v) is 8.32. The fourth-order valence-corrected chi connectivity index (χ4v) is 4.08. The SMILES string of the molecule is COCC(=O)Nc1cccc(NC(=O)CC2CC3CCC2C3)c1. The Hall–Kier alpha value is -1.88. The summed E-state index contributed by atoms with van der Waals surface area (Å²) in [7, 11) is 1.48. The summed E-state index contributed by atoms with van der Waals surface area (Å²) in [6, 6.07) is 7.21. The average molecular weight is 316 g/mol. The van der Waals surface area contributed by atoms with E-state index in [1.165, 1.54) is 32.8 Å². The standard InChI is InChI=1S/C18H24N2O3/c1-23-11-18(22)20-16-4-2-3-15(10-16)19-17(21)9-14-8-12-5-6-13(14)7-12/h2-4,10,12-14H,5-9,11H2,1H3,(H,19,21)(H,20,22). The van der Waals surface area contributed by atoms with Crippen molar-refractivity contribution in [3.05, 3.63) is 24.3 Å². The summed E-state index contributed by atoms with van der Waals surface area (Å²) >= 11 is 0. The molecule has 2 aliphatic carbocycles. The van der Waals surface area contributed by atoms with Gasteiger partial charge in [0, 0.05) is 24.9 Å². The molecular weight excluding hydrogens is 292 g/mol. The smallest absolute Gasteiger partial charge is 0.250 e. The minimum atomic E-state index is -0.210. The van der Waals surface area contributed by atoms with Gasteiger partial charge in [-0.25, -0.2) is 0 Å². The Morgan fingerprint density at radius 3 is 2.48 bits per heavy atom. The van der Waals surface area contributed by atoms with E-state index in [2.05, 4.69) is 10.6 Å². The molecule has 0 saturated heterocycles. The van der Waals surface area contributed by atoms with Crippen LogP contribution in [0, 0.1) is 17.8 Å². The van der Waals surface area contributed by atoms with Crippen LogP contribution in [-0.4, -0.2) is 25.5 Å². The third-order valence-corrected chi connectivity index (χ3v) is 5.04. The molecule has 3 unspecified atom stereocenters. The molecule has 1 aromatic rings. The monoisotopic (exact) mass is 316 g/mol. The van der Waals surface area contributed by atoms with Crippen molar-refractivity contribution >= 4 is 23.2 Å². The van der Waals surface area contributed by atoms with Crippen LogP contribution in [0.25, 0.3) is 0 Å². The van der Waals surface area contributed by atoms with Gasteiger partial charge in [-0.2, -0.15) is 0 Å². The molecule has 124 valence electrons. The van der Waals surface area contributed by atoms with Crippen molar-refractivity contribution in [2.75, 3.05) is 24.4 Å². The molecule has 2 N–H and O–H groups in total. The molecule has 3 rings (SSSR count). The van der Waals surface area contributed by atoms with Gasteiger partial charge in [-0.15, -0.1) is 0 Å². The normalized spacial score (nSPS) is 25.3. The van der Waals surface area contributed by atoms with E-state index in [4.69, 9.17) is 4.74 Å². The van der Waals surface area contributed by atoms with E-state index in [0.29, 0.717) is 23.7 Å². The quantitative estimate of drug-likeness (QED) is 0.847. The number of hydrogen-bond donors (Lipinski definition) is 2. The molecule has 0 aliphatic heterocycles. The zero-order valence-corrected chi connectivity index (χ0v) is 13.5. The molecule has 0 radical (unpaired) electrons. The number of benzene rings is 1. The predicted octanol–water partition coefficient (Wildman–Crippen LogP) is 3.04. The number of ether oxygens (including phenoxy) is 1. The second-order valence-corrected chi connectivity index (χ2v) is 6.75. The highest BCUT2D eigenvalue weighted by Gasteiger charge is 2.40. The molecule has 0 aromatic heterocycles. The average Bonchev–Trinajstić information content (AvgIpc) is 3.10. The fourth-order valence-electron chi connectivity index (χ4n) is 4.08. The molecule has 2 amide bonds. The summed E-state index contributed by atoms with van der Waals surface area (Å²) in [6.07, 6.45) is 5.79. The van der Waals surface area contributed by atoms with Crippen molar-refractivity contribution in [2.24, 2.45) is 17.8 Å². The maximum Gasteiger partial charge on any atom is 0.250 e. The Labute approximate surface area is 136 Å². The van der Waals surface area contributed by atoms with E-state index >= 15 is 0 Å². The van der Waals surface area contributed by atoms with Crippen LogP contribution in [0.5, 0.6) is 0 Å². The van der Waals surface area contributed by atoms with Gasteiger partial charge in [0.15, 0.2) is 0 Å². The van der Waals surface area contributed by atoms with Crippen LogP contribution in [0.2, 0.25) is 0 Å². The highest BCUT2D eigenvalue weighted by Crippen LogP contribution is 2.49. The first-order chi connectivity index (χ1) is 11.1. The van der Waals surface area contributed by atoms with E-state index in [1.54, 1.807) is 12.1 Å². The Balaban J connectivity index is 1.53. The van der Waals surface area contributed by atoms with Crippen LogP contribution in [-0.2, 0) is 14.3 Å². The summed E-state index contributed by atoms with van der Waals surface area (Å²) in [5.41, 5.74) is 1.37. The number of fused-ring (bicyclic) bond motifs is 2. The lowest BCUT2D eigenvalue weighted by molar-refractivity contribution is -0.119. The zero-order valence-electron chi connectivity index (χ0n) is 13.5. The van der Waals surface area contributed by atoms with Gasteiger partial charge in [-0.3, -0.25) is 9.59 Å². The molecule has 3 atom stereocenters. The summed E-state index contributed by atoms with van der Waals surface area (Å²) in [5.74, 6) is 2.03. The van der Waals surface area contributed by atoms with Gasteiger partial charge in [0.25, 0.3) is 0 Å². The van der Waals surface area contributed by atoms with E-state index < -0.39 is 0 Å². The predicted molar refractivity (Wildman–Crippen MR) is 89.1 cm³/mol. The maximum atomic E-state index is 12.3. The van der Waals surface area contributed by atoms with E-state index in [9.17, 15) is 9.59 Å². The molecule has 2 saturated carbocycles. The van der Waals surface area contributed by atoms with Crippen molar-refractivity contribution in [1.82, 2.24) is 0 Å². The highest BCUT2D eigenvalue weighted by molar-refractivity contribution is 5.94. The van der Waals surface area contributed by atoms with Gasteiger partial charge in [0.05, 0.1) is 0 Å². The van der Waals surface area contributed by atoms with Gasteiger partial charge in [-0.1, -0.05) is 12.5 Å². The second kappa shape index (κ2) is 7.13. The molecule has 2 bridgehead atoms. The highest BCUT2D eigenvalue weighted by atomic mass is 16.5. The lowest BCUT2D eigenvalue weighted by Gasteiger charge is -2.21. The van der Waals surface area contributed by atoms with Crippen molar-refractivity contribution in [3.63, 3.8) is 0 Å². The second-order valence-electron chi connectivity index (χ2n) is 6.75. The van der Waals surface area contributed by atoms with Crippen LogP contribution in [0.4, 0.5) is 11.4 Å². The minimum Gasteiger partial charge on any atom is -0.375 e. The fraction of sp³-hybridized carbons (Fsp3) is 0.556. The Morgan fingerprint density at radius 2 is 1.87 bits per heavy atom. The van der Waals surface area contributed by atoms with Gasteiger partial charge in [-0.05, 0) is 55.2 Å². The number of nitrogens with one attached hydrogen (secondary N) is 2. The zero-order chi connectivity index (χ0) is 16.2. The minimum absolute atomic E-state index is 0.0147. The van der Waals surface area contributed by atoms with E-state index in [0.717, 1.165) is 11.8 Å². The number of amides is 2. The summed E-state index contributed by atoms with van der Waals surface area (Å²) < 4.78 is 4.79. The number of carbonyl (C=O) groups is 2. The van der Waals surface area contributed by atoms with Gasteiger partial charge in [0.2, 0.25) is 11.8 Å². The van der Waals surface area contributed by atoms with Crippen LogP contribution in [0.3, 0.4) is 0 Å². The van der Waals surface area contributed by atoms with E-state index in [1.807, 2.05) is 12.1 Å². The third-order valence-electron chi connectivity index (χ3n) is 5.04. The number of rotatable bonds is 6. The Kier molecular flexibility index (Phi) is 4.96. The Morgan fingerprint density at radius 1 is 1.13 bits per heavy atom. The first-order valence-electron chi connectivity index (χ1n) is 8.32. The largest absolute Gasteiger partial charge is 0.375 e. The summed E-state index contributed by atoms with van der Waals surface area (Å²) in [5, 5.41) is 5.69. The van der Waals surface area contributed by atoms with Crippen molar-refractivity contribution < 1.29 is 14.3 Å². The maximum absolute atomic E-state index is 12.3. The van der Waals surface area contributed by atoms with Crippen molar-refractivity contribution in [1.29, 1.82) is 0 Å². The first kappa shape index (κ1) is 16.0. The molecule has 5 heteroatoms. The van der Waals surface area contributed by atoms with Gasteiger partial charge < -0.3 is 15.4 Å². The lowest BCUT2D eigenvalue weighted by Crippen LogP contribution is -2.20. The van der Waals surface area contributed by atoms with Crippen LogP contribution < -0.4 is 10.6 Å². The number of carbonyl (C=O) groups excluding carboxylic acids is 2. The van der Waals surface area contributed by atoms with Crippen molar-refractivity contribution in [2.45, 2.75) is 32.1 Å². The van der Waals surface area contributed by atoms with Gasteiger partial charge in [0.1, 0.15) is 6.61 Å². The third kappa shape index (κ3) is 4.10. The topological polar surface area (TPSA) is 67.4 Å². The number of anilines is 2. The summed E-state index contributed by atoms with van der Waals surface area (Å²) in [4.78, 5) is 23.8. The molecule has 2 fully saturated rings. The van der Waals surface area contributed by atoms with Crippen LogP contribution in [0.15, 0.2) is 24.3 Å².